The van der Waals surface area contributed by atoms with Crippen LogP contribution in [-0.4, -0.2) is 18.2 Å². The Labute approximate surface area is 95.4 Å². The molecule has 0 saturated carbocycles. The van der Waals surface area contributed by atoms with Gasteiger partial charge in [-0.15, -0.1) is 0 Å². The van der Waals surface area contributed by atoms with Crippen LogP contribution >= 0.6 is 0 Å². The highest BCUT2D eigenvalue weighted by molar-refractivity contribution is 6.14. The van der Waals surface area contributed by atoms with E-state index in [0.717, 1.165) is 11.3 Å². The monoisotopic (exact) mass is 220 g/mol. The summed E-state index contributed by atoms with van der Waals surface area (Å²) in [5, 5.41) is 8.86. The van der Waals surface area contributed by atoms with E-state index in [-0.39, 0.29) is 11.5 Å². The molecule has 0 aliphatic heterocycles. The van der Waals surface area contributed by atoms with Crippen molar-refractivity contribution in [3.8, 4) is 5.75 Å². The quantitative estimate of drug-likeness (QED) is 0.793. The molecule has 3 heteroatoms. The van der Waals surface area contributed by atoms with E-state index in [4.69, 9.17) is 9.84 Å². The topological polar surface area (TPSA) is 46.5 Å². The van der Waals surface area contributed by atoms with Crippen molar-refractivity contribution in [1.29, 1.82) is 0 Å². The number of ether oxygens (including phenoxy) is 1. The first-order valence-corrected chi connectivity index (χ1v) is 5.08. The van der Waals surface area contributed by atoms with Crippen LogP contribution in [0.1, 0.15) is 30.9 Å². The van der Waals surface area contributed by atoms with Gasteiger partial charge in [0.1, 0.15) is 5.75 Å². The maximum atomic E-state index is 10.8. The minimum atomic E-state index is -1.00. The second-order valence-electron chi connectivity index (χ2n) is 3.90. The molecule has 0 spiro atoms. The number of methoxy groups -OCH3 is 1. The van der Waals surface area contributed by atoms with E-state index in [1.807, 2.05) is 19.9 Å². The molecule has 0 bridgehead atoms. The van der Waals surface area contributed by atoms with Crippen LogP contribution in [0.15, 0.2) is 24.8 Å². The lowest BCUT2D eigenvalue weighted by molar-refractivity contribution is -0.130. The maximum absolute atomic E-state index is 10.8. The molecule has 0 aromatic heterocycles. The van der Waals surface area contributed by atoms with E-state index < -0.39 is 5.97 Å². The van der Waals surface area contributed by atoms with Gasteiger partial charge in [0.15, 0.2) is 0 Å². The fraction of sp³-hybridized carbons (Fsp3) is 0.308. The Kier molecular flexibility index (Phi) is 3.72. The Morgan fingerprint density at radius 2 is 2.06 bits per heavy atom. The van der Waals surface area contributed by atoms with Crippen LogP contribution < -0.4 is 4.74 Å². The maximum Gasteiger partial charge on any atom is 0.335 e. The first-order valence-electron chi connectivity index (χ1n) is 5.08. The molecule has 1 aromatic rings. The average molecular weight is 220 g/mol. The zero-order chi connectivity index (χ0) is 12.3. The van der Waals surface area contributed by atoms with Crippen molar-refractivity contribution in [2.75, 3.05) is 7.11 Å². The Morgan fingerprint density at radius 3 is 2.50 bits per heavy atom. The van der Waals surface area contributed by atoms with Crippen LogP contribution in [0.2, 0.25) is 0 Å². The largest absolute Gasteiger partial charge is 0.496 e. The van der Waals surface area contributed by atoms with Gasteiger partial charge in [0.2, 0.25) is 0 Å². The molecular formula is C13H16O3. The molecule has 1 aromatic carbocycles. The van der Waals surface area contributed by atoms with E-state index in [9.17, 15) is 4.79 Å². The number of carboxylic acids is 1. The molecule has 0 aliphatic carbocycles. The SMILES string of the molecule is C=C(C(=O)O)c1ccc(OC)c(C(C)C)c1. The van der Waals surface area contributed by atoms with Gasteiger partial charge >= 0.3 is 5.97 Å². The molecule has 1 rings (SSSR count). The summed E-state index contributed by atoms with van der Waals surface area (Å²) in [5.41, 5.74) is 1.71. The molecule has 0 saturated heterocycles. The normalized spacial score (nSPS) is 10.2. The average Bonchev–Trinajstić information content (AvgIpc) is 2.26. The van der Waals surface area contributed by atoms with Crippen molar-refractivity contribution in [3.05, 3.63) is 35.9 Å². The molecule has 0 amide bonds. The molecule has 0 heterocycles. The van der Waals surface area contributed by atoms with Crippen molar-refractivity contribution >= 4 is 11.5 Å². The number of aliphatic carboxylic acids is 1. The standard InChI is InChI=1S/C13H16O3/c1-8(2)11-7-10(9(3)13(14)15)5-6-12(11)16-4/h5-8H,3H2,1-2,4H3,(H,14,15). The number of hydrogen-bond donors (Lipinski definition) is 1. The number of carbonyl (C=O) groups is 1. The minimum absolute atomic E-state index is 0.101. The van der Waals surface area contributed by atoms with Crippen molar-refractivity contribution in [3.63, 3.8) is 0 Å². The summed E-state index contributed by atoms with van der Waals surface area (Å²) >= 11 is 0. The number of benzene rings is 1. The second-order valence-corrected chi connectivity index (χ2v) is 3.90. The molecule has 86 valence electrons. The lowest BCUT2D eigenvalue weighted by atomic mass is 9.97. The van der Waals surface area contributed by atoms with Crippen LogP contribution in [0.25, 0.3) is 5.57 Å². The summed E-state index contributed by atoms with van der Waals surface area (Å²) < 4.78 is 5.22. The predicted molar refractivity (Wildman–Crippen MR) is 63.8 cm³/mol. The highest BCUT2D eigenvalue weighted by atomic mass is 16.5. The molecule has 0 aliphatic rings. The molecule has 0 radical (unpaired) electrons. The fourth-order valence-corrected chi connectivity index (χ4v) is 1.50. The molecule has 3 nitrogen and oxygen atoms in total. The molecule has 16 heavy (non-hydrogen) atoms. The first-order chi connectivity index (χ1) is 7.47. The Hall–Kier alpha value is -1.77. The molecule has 0 fully saturated rings. The van der Waals surface area contributed by atoms with Crippen molar-refractivity contribution in [2.24, 2.45) is 0 Å². The molecular weight excluding hydrogens is 204 g/mol. The lowest BCUT2D eigenvalue weighted by Gasteiger charge is -2.13. The summed E-state index contributed by atoms with van der Waals surface area (Å²) in [6, 6.07) is 5.31. The van der Waals surface area contributed by atoms with Crippen molar-refractivity contribution in [1.82, 2.24) is 0 Å². The van der Waals surface area contributed by atoms with Gasteiger partial charge in [-0.3, -0.25) is 0 Å². The van der Waals surface area contributed by atoms with Gasteiger partial charge in [0.25, 0.3) is 0 Å². The van der Waals surface area contributed by atoms with E-state index >= 15 is 0 Å². The highest BCUT2D eigenvalue weighted by Crippen LogP contribution is 2.29. The highest BCUT2D eigenvalue weighted by Gasteiger charge is 2.12. The van der Waals surface area contributed by atoms with Crippen LogP contribution in [0.4, 0.5) is 0 Å². The van der Waals surface area contributed by atoms with E-state index in [1.54, 1.807) is 19.2 Å². The zero-order valence-electron chi connectivity index (χ0n) is 9.78. The number of hydrogen-bond acceptors (Lipinski definition) is 2. The van der Waals surface area contributed by atoms with Gasteiger partial charge in [-0.2, -0.15) is 0 Å². The number of rotatable bonds is 4. The minimum Gasteiger partial charge on any atom is -0.496 e. The van der Waals surface area contributed by atoms with Crippen LogP contribution in [0.5, 0.6) is 5.75 Å². The van der Waals surface area contributed by atoms with Crippen LogP contribution in [-0.2, 0) is 4.79 Å². The molecule has 0 atom stereocenters. The lowest BCUT2D eigenvalue weighted by Crippen LogP contribution is -2.01. The summed E-state index contributed by atoms with van der Waals surface area (Å²) in [6.07, 6.45) is 0. The third-order valence-corrected chi connectivity index (χ3v) is 2.46. The second kappa shape index (κ2) is 4.84. The van der Waals surface area contributed by atoms with Crippen molar-refractivity contribution in [2.45, 2.75) is 19.8 Å². The van der Waals surface area contributed by atoms with Gasteiger partial charge in [0, 0.05) is 0 Å². The van der Waals surface area contributed by atoms with Gasteiger partial charge in [-0.1, -0.05) is 26.5 Å². The third-order valence-electron chi connectivity index (χ3n) is 2.46. The van der Waals surface area contributed by atoms with E-state index in [0.29, 0.717) is 5.56 Å². The summed E-state index contributed by atoms with van der Waals surface area (Å²) in [4.78, 5) is 10.8. The van der Waals surface area contributed by atoms with Crippen LogP contribution in [0, 0.1) is 0 Å². The Balaban J connectivity index is 3.22. The van der Waals surface area contributed by atoms with Gasteiger partial charge in [-0.05, 0) is 29.2 Å². The smallest absolute Gasteiger partial charge is 0.335 e. The summed E-state index contributed by atoms with van der Waals surface area (Å²) in [7, 11) is 1.60. The predicted octanol–water partition coefficient (Wildman–Crippen LogP) is 2.92. The van der Waals surface area contributed by atoms with Crippen LogP contribution in [0.3, 0.4) is 0 Å². The summed E-state index contributed by atoms with van der Waals surface area (Å²) in [6.45, 7) is 7.61. The first kappa shape index (κ1) is 12.3. The molecule has 1 N–H and O–H groups in total. The Morgan fingerprint density at radius 1 is 1.44 bits per heavy atom. The van der Waals surface area contributed by atoms with E-state index in [1.165, 1.54) is 0 Å². The third kappa shape index (κ3) is 2.42. The fourth-order valence-electron chi connectivity index (χ4n) is 1.50. The van der Waals surface area contributed by atoms with E-state index in [2.05, 4.69) is 6.58 Å². The van der Waals surface area contributed by atoms with Gasteiger partial charge < -0.3 is 9.84 Å². The summed E-state index contributed by atoms with van der Waals surface area (Å²) in [5.74, 6) is 0.0494. The van der Waals surface area contributed by atoms with Gasteiger partial charge in [-0.25, -0.2) is 4.79 Å². The van der Waals surface area contributed by atoms with Crippen molar-refractivity contribution < 1.29 is 14.6 Å². The number of carboxylic acid groups (broad SMARTS) is 1. The zero-order valence-corrected chi connectivity index (χ0v) is 9.78. The van der Waals surface area contributed by atoms with Gasteiger partial charge in [0.05, 0.1) is 12.7 Å². The molecule has 0 unspecified atom stereocenters. The Bertz CT molecular complexity index is 419.